The van der Waals surface area contributed by atoms with Gasteiger partial charge in [0.15, 0.2) is 0 Å². The average Bonchev–Trinajstić information content (AvgIpc) is 2.38. The van der Waals surface area contributed by atoms with E-state index in [2.05, 4.69) is 19.2 Å². The topological polar surface area (TPSA) is 64.3 Å². The van der Waals surface area contributed by atoms with Crippen LogP contribution in [0.15, 0.2) is 0 Å². The molecule has 3 atom stereocenters. The van der Waals surface area contributed by atoms with Gasteiger partial charge in [-0.05, 0) is 44.6 Å². The minimum Gasteiger partial charge on any atom is -0.365 e. The van der Waals surface area contributed by atoms with Crippen LogP contribution in [0.4, 0.5) is 0 Å². The van der Waals surface area contributed by atoms with Crippen LogP contribution in [0.3, 0.4) is 0 Å². The molecule has 1 aliphatic carbocycles. The van der Waals surface area contributed by atoms with Crippen LogP contribution in [0.2, 0.25) is 0 Å². The fraction of sp³-hybridized carbons (Fsp3) is 0.933. The standard InChI is InChI=1S/C15H30N2O2/c1-11(2)8-9-17-15(18)12(3)19-14-7-5-4-6-13(14)10-16/h11-14H,4-10,16H2,1-3H3,(H,17,18). The summed E-state index contributed by atoms with van der Waals surface area (Å²) in [5, 5.41) is 2.94. The molecule has 3 unspecified atom stereocenters. The van der Waals surface area contributed by atoms with Crippen LogP contribution in [0.5, 0.6) is 0 Å². The maximum atomic E-state index is 11.9. The number of ether oxygens (including phenoxy) is 1. The summed E-state index contributed by atoms with van der Waals surface area (Å²) in [4.78, 5) is 11.9. The van der Waals surface area contributed by atoms with Crippen molar-refractivity contribution < 1.29 is 9.53 Å². The van der Waals surface area contributed by atoms with Crippen molar-refractivity contribution in [2.45, 2.75) is 65.1 Å². The number of carbonyl (C=O) groups is 1. The summed E-state index contributed by atoms with van der Waals surface area (Å²) in [6.07, 6.45) is 5.37. The van der Waals surface area contributed by atoms with Gasteiger partial charge in [-0.3, -0.25) is 4.79 Å². The highest BCUT2D eigenvalue weighted by molar-refractivity contribution is 5.80. The predicted octanol–water partition coefficient (Wildman–Crippen LogP) is 2.07. The zero-order valence-electron chi connectivity index (χ0n) is 12.7. The fourth-order valence-electron chi connectivity index (χ4n) is 2.57. The van der Waals surface area contributed by atoms with Crippen molar-refractivity contribution in [3.8, 4) is 0 Å². The summed E-state index contributed by atoms with van der Waals surface area (Å²) >= 11 is 0. The third-order valence-electron chi connectivity index (χ3n) is 3.91. The van der Waals surface area contributed by atoms with Crippen molar-refractivity contribution in [2.24, 2.45) is 17.6 Å². The first-order valence-electron chi connectivity index (χ1n) is 7.67. The van der Waals surface area contributed by atoms with Gasteiger partial charge in [-0.15, -0.1) is 0 Å². The lowest BCUT2D eigenvalue weighted by Gasteiger charge is -2.32. The molecule has 0 aliphatic heterocycles. The van der Waals surface area contributed by atoms with Crippen molar-refractivity contribution in [2.75, 3.05) is 13.1 Å². The van der Waals surface area contributed by atoms with Crippen LogP contribution >= 0.6 is 0 Å². The molecule has 0 spiro atoms. The van der Waals surface area contributed by atoms with E-state index in [1.165, 1.54) is 12.8 Å². The van der Waals surface area contributed by atoms with E-state index in [0.717, 1.165) is 25.8 Å². The van der Waals surface area contributed by atoms with Gasteiger partial charge in [0.2, 0.25) is 5.91 Å². The molecule has 0 bridgehead atoms. The Morgan fingerprint density at radius 3 is 2.63 bits per heavy atom. The van der Waals surface area contributed by atoms with E-state index in [1.54, 1.807) is 0 Å². The average molecular weight is 270 g/mol. The van der Waals surface area contributed by atoms with Gasteiger partial charge in [-0.1, -0.05) is 26.7 Å². The molecule has 1 amide bonds. The van der Waals surface area contributed by atoms with E-state index < -0.39 is 0 Å². The number of amides is 1. The summed E-state index contributed by atoms with van der Waals surface area (Å²) in [5.41, 5.74) is 5.78. The lowest BCUT2D eigenvalue weighted by atomic mass is 9.86. The Labute approximate surface area is 117 Å². The molecule has 4 heteroatoms. The van der Waals surface area contributed by atoms with Gasteiger partial charge < -0.3 is 15.8 Å². The van der Waals surface area contributed by atoms with E-state index in [0.29, 0.717) is 18.4 Å². The zero-order valence-corrected chi connectivity index (χ0v) is 12.7. The molecule has 3 N–H and O–H groups in total. The molecule has 19 heavy (non-hydrogen) atoms. The van der Waals surface area contributed by atoms with Gasteiger partial charge in [0.1, 0.15) is 6.10 Å². The van der Waals surface area contributed by atoms with Crippen LogP contribution in [-0.2, 0) is 9.53 Å². The Hall–Kier alpha value is -0.610. The second kappa shape index (κ2) is 8.54. The molecule has 0 saturated heterocycles. The summed E-state index contributed by atoms with van der Waals surface area (Å²) in [6, 6.07) is 0. The SMILES string of the molecule is CC(C)CCNC(=O)C(C)OC1CCCCC1CN. The van der Waals surface area contributed by atoms with Crippen molar-refractivity contribution in [1.29, 1.82) is 0 Å². The number of nitrogens with two attached hydrogens (primary N) is 1. The molecule has 0 aromatic heterocycles. The number of nitrogens with one attached hydrogen (secondary N) is 1. The van der Waals surface area contributed by atoms with Gasteiger partial charge in [-0.2, -0.15) is 0 Å². The van der Waals surface area contributed by atoms with E-state index in [4.69, 9.17) is 10.5 Å². The third-order valence-corrected chi connectivity index (χ3v) is 3.91. The molecule has 1 aliphatic rings. The molecule has 0 aromatic carbocycles. The minimum absolute atomic E-state index is 0.00185. The second-order valence-corrected chi connectivity index (χ2v) is 6.07. The van der Waals surface area contributed by atoms with E-state index in [1.807, 2.05) is 6.92 Å². The maximum absolute atomic E-state index is 11.9. The Morgan fingerprint density at radius 2 is 2.00 bits per heavy atom. The summed E-state index contributed by atoms with van der Waals surface area (Å²) in [6.45, 7) is 7.54. The van der Waals surface area contributed by atoms with Gasteiger partial charge in [0.05, 0.1) is 6.10 Å². The molecule has 0 radical (unpaired) electrons. The summed E-state index contributed by atoms with van der Waals surface area (Å²) in [5.74, 6) is 1.03. The monoisotopic (exact) mass is 270 g/mol. The quantitative estimate of drug-likeness (QED) is 0.744. The van der Waals surface area contributed by atoms with E-state index in [-0.39, 0.29) is 18.1 Å². The maximum Gasteiger partial charge on any atom is 0.248 e. The Morgan fingerprint density at radius 1 is 1.32 bits per heavy atom. The number of carbonyl (C=O) groups excluding carboxylic acids is 1. The minimum atomic E-state index is -0.371. The highest BCUT2D eigenvalue weighted by Gasteiger charge is 2.28. The Kier molecular flexibility index (Phi) is 7.39. The Bertz CT molecular complexity index is 269. The van der Waals surface area contributed by atoms with Gasteiger partial charge in [0, 0.05) is 6.54 Å². The van der Waals surface area contributed by atoms with Crippen LogP contribution in [-0.4, -0.2) is 31.2 Å². The Balaban J connectivity index is 2.31. The third kappa shape index (κ3) is 5.91. The molecule has 1 rings (SSSR count). The molecule has 112 valence electrons. The zero-order chi connectivity index (χ0) is 14.3. The molecular weight excluding hydrogens is 240 g/mol. The number of rotatable bonds is 7. The first-order valence-corrected chi connectivity index (χ1v) is 7.67. The highest BCUT2D eigenvalue weighted by Crippen LogP contribution is 2.26. The van der Waals surface area contributed by atoms with Crippen molar-refractivity contribution in [1.82, 2.24) is 5.32 Å². The normalized spacial score (nSPS) is 25.3. The number of hydrogen-bond donors (Lipinski definition) is 2. The molecular formula is C15H30N2O2. The first kappa shape index (κ1) is 16.4. The van der Waals surface area contributed by atoms with Crippen LogP contribution in [0, 0.1) is 11.8 Å². The molecule has 0 heterocycles. The van der Waals surface area contributed by atoms with E-state index in [9.17, 15) is 4.79 Å². The van der Waals surface area contributed by atoms with E-state index >= 15 is 0 Å². The van der Waals surface area contributed by atoms with Gasteiger partial charge >= 0.3 is 0 Å². The summed E-state index contributed by atoms with van der Waals surface area (Å²) < 4.78 is 5.92. The molecule has 1 fully saturated rings. The highest BCUT2D eigenvalue weighted by atomic mass is 16.5. The van der Waals surface area contributed by atoms with Gasteiger partial charge in [-0.25, -0.2) is 0 Å². The lowest BCUT2D eigenvalue weighted by Crippen LogP contribution is -2.41. The predicted molar refractivity (Wildman–Crippen MR) is 77.8 cm³/mol. The largest absolute Gasteiger partial charge is 0.365 e. The van der Waals surface area contributed by atoms with Crippen LogP contribution < -0.4 is 11.1 Å². The summed E-state index contributed by atoms with van der Waals surface area (Å²) in [7, 11) is 0. The second-order valence-electron chi connectivity index (χ2n) is 6.07. The number of hydrogen-bond acceptors (Lipinski definition) is 3. The smallest absolute Gasteiger partial charge is 0.248 e. The lowest BCUT2D eigenvalue weighted by molar-refractivity contribution is -0.139. The van der Waals surface area contributed by atoms with Crippen molar-refractivity contribution in [3.05, 3.63) is 0 Å². The van der Waals surface area contributed by atoms with Crippen molar-refractivity contribution >= 4 is 5.91 Å². The van der Waals surface area contributed by atoms with Crippen LogP contribution in [0.25, 0.3) is 0 Å². The van der Waals surface area contributed by atoms with Crippen molar-refractivity contribution in [3.63, 3.8) is 0 Å². The molecule has 4 nitrogen and oxygen atoms in total. The van der Waals surface area contributed by atoms with Gasteiger partial charge in [0.25, 0.3) is 0 Å². The first-order chi connectivity index (χ1) is 9.04. The fourth-order valence-corrected chi connectivity index (χ4v) is 2.57. The van der Waals surface area contributed by atoms with Crippen LogP contribution in [0.1, 0.15) is 52.9 Å². The molecule has 0 aromatic rings. The molecule has 1 saturated carbocycles.